The molecule has 2 rings (SSSR count). The molecule has 0 aromatic carbocycles. The summed E-state index contributed by atoms with van der Waals surface area (Å²) >= 11 is 1.32. The van der Waals surface area contributed by atoms with Gasteiger partial charge in [0, 0.05) is 7.05 Å². The fourth-order valence-corrected chi connectivity index (χ4v) is 2.05. The third kappa shape index (κ3) is 2.50. The third-order valence-electron chi connectivity index (χ3n) is 2.43. The van der Waals surface area contributed by atoms with Crippen molar-refractivity contribution >= 4 is 17.2 Å². The number of hydrogen-bond acceptors (Lipinski definition) is 5. The van der Waals surface area contributed by atoms with Crippen molar-refractivity contribution in [3.63, 3.8) is 0 Å². The Hall–Kier alpha value is -1.76. The fraction of sp³-hybridized carbons (Fsp3) is 0.400. The van der Waals surface area contributed by atoms with Gasteiger partial charge < -0.3 is 5.32 Å². The highest BCUT2D eigenvalue weighted by molar-refractivity contribution is 7.11. The number of hydrogen-bond donors (Lipinski definition) is 1. The van der Waals surface area contributed by atoms with E-state index in [1.807, 2.05) is 14.0 Å². The maximum Gasteiger partial charge on any atom is 0.263 e. The molecule has 0 aliphatic carbocycles. The average molecular weight is 251 g/mol. The van der Waals surface area contributed by atoms with Gasteiger partial charge in [-0.05, 0) is 6.42 Å². The number of nitrogens with one attached hydrogen (secondary N) is 1. The van der Waals surface area contributed by atoms with Crippen molar-refractivity contribution in [1.82, 2.24) is 25.1 Å². The zero-order valence-electron chi connectivity index (χ0n) is 9.62. The Morgan fingerprint density at radius 1 is 1.65 bits per heavy atom. The summed E-state index contributed by atoms with van der Waals surface area (Å²) in [5.74, 6) is 0.632. The highest BCUT2D eigenvalue weighted by atomic mass is 32.1. The molecule has 17 heavy (non-hydrogen) atoms. The van der Waals surface area contributed by atoms with E-state index >= 15 is 0 Å². The summed E-state index contributed by atoms with van der Waals surface area (Å²) in [6, 6.07) is -0.128. The maximum atomic E-state index is 11.9. The number of aryl methyl sites for hydroxylation is 1. The van der Waals surface area contributed by atoms with Crippen molar-refractivity contribution in [1.29, 1.82) is 0 Å². The quantitative estimate of drug-likeness (QED) is 0.884. The molecular weight excluding hydrogens is 238 g/mol. The van der Waals surface area contributed by atoms with E-state index in [1.54, 1.807) is 16.4 Å². The minimum atomic E-state index is -0.128. The van der Waals surface area contributed by atoms with Crippen LogP contribution in [0.1, 0.15) is 34.9 Å². The fourth-order valence-electron chi connectivity index (χ4n) is 1.53. The second-order valence-corrected chi connectivity index (χ2v) is 4.43. The summed E-state index contributed by atoms with van der Waals surface area (Å²) in [6.45, 7) is 1.99. The number of nitrogens with zero attached hydrogens (tertiary/aromatic N) is 4. The van der Waals surface area contributed by atoms with Gasteiger partial charge >= 0.3 is 0 Å². The molecule has 90 valence electrons. The monoisotopic (exact) mass is 251 g/mol. The summed E-state index contributed by atoms with van der Waals surface area (Å²) in [4.78, 5) is 20.5. The zero-order valence-corrected chi connectivity index (χ0v) is 10.4. The first-order valence-electron chi connectivity index (χ1n) is 5.25. The predicted molar refractivity (Wildman–Crippen MR) is 63.6 cm³/mol. The molecule has 0 aliphatic heterocycles. The van der Waals surface area contributed by atoms with Crippen LogP contribution in [-0.4, -0.2) is 25.7 Å². The highest BCUT2D eigenvalue weighted by Crippen LogP contribution is 2.14. The van der Waals surface area contributed by atoms with Gasteiger partial charge in [-0.15, -0.1) is 11.3 Å². The first kappa shape index (κ1) is 11.7. The lowest BCUT2D eigenvalue weighted by atomic mass is 10.2. The van der Waals surface area contributed by atoms with E-state index in [0.29, 0.717) is 4.88 Å². The van der Waals surface area contributed by atoms with E-state index in [4.69, 9.17) is 0 Å². The van der Waals surface area contributed by atoms with Crippen molar-refractivity contribution < 1.29 is 4.79 Å². The molecule has 1 amide bonds. The summed E-state index contributed by atoms with van der Waals surface area (Å²) in [6.07, 6.45) is 3.80. The molecule has 0 spiro atoms. The number of rotatable bonds is 4. The summed E-state index contributed by atoms with van der Waals surface area (Å²) in [5.41, 5.74) is 1.64. The molecule has 6 nitrogen and oxygen atoms in total. The average Bonchev–Trinajstić information content (AvgIpc) is 2.96. The topological polar surface area (TPSA) is 72.7 Å². The van der Waals surface area contributed by atoms with E-state index in [1.165, 1.54) is 17.7 Å². The molecule has 0 saturated carbocycles. The van der Waals surface area contributed by atoms with Gasteiger partial charge in [0.05, 0.1) is 17.7 Å². The van der Waals surface area contributed by atoms with Crippen LogP contribution in [0.5, 0.6) is 0 Å². The van der Waals surface area contributed by atoms with Crippen molar-refractivity contribution in [2.45, 2.75) is 19.4 Å². The number of carbonyl (C=O) groups excluding carboxylic acids is 1. The van der Waals surface area contributed by atoms with E-state index in [-0.39, 0.29) is 11.9 Å². The second-order valence-electron chi connectivity index (χ2n) is 3.54. The smallest absolute Gasteiger partial charge is 0.263 e. The van der Waals surface area contributed by atoms with Crippen LogP contribution in [-0.2, 0) is 7.05 Å². The molecule has 1 unspecified atom stereocenters. The van der Waals surface area contributed by atoms with Gasteiger partial charge in [-0.1, -0.05) is 6.92 Å². The number of carbonyl (C=O) groups is 1. The van der Waals surface area contributed by atoms with Crippen LogP contribution in [0.4, 0.5) is 0 Å². The minimum absolute atomic E-state index is 0.123. The Balaban J connectivity index is 2.11. The van der Waals surface area contributed by atoms with Gasteiger partial charge in [-0.3, -0.25) is 14.5 Å². The van der Waals surface area contributed by atoms with Crippen LogP contribution in [0.2, 0.25) is 0 Å². The lowest BCUT2D eigenvalue weighted by Crippen LogP contribution is -2.29. The van der Waals surface area contributed by atoms with Crippen LogP contribution in [0.3, 0.4) is 0 Å². The molecule has 0 fully saturated rings. The molecule has 7 heteroatoms. The van der Waals surface area contributed by atoms with Gasteiger partial charge in [0.2, 0.25) is 0 Å². The predicted octanol–water partition coefficient (Wildman–Crippen LogP) is 1.15. The second kappa shape index (κ2) is 5.05. The van der Waals surface area contributed by atoms with Crippen LogP contribution < -0.4 is 5.32 Å². The molecule has 2 heterocycles. The molecule has 0 saturated heterocycles. The lowest BCUT2D eigenvalue weighted by Gasteiger charge is -2.15. The van der Waals surface area contributed by atoms with E-state index < -0.39 is 0 Å². The molecule has 1 atom stereocenters. The molecule has 2 aromatic rings. The Bertz CT molecular complexity index is 493. The normalized spacial score (nSPS) is 12.4. The number of thiazole rings is 1. The molecule has 1 N–H and O–H groups in total. The first-order chi connectivity index (χ1) is 8.22. The third-order valence-corrected chi connectivity index (χ3v) is 3.20. The minimum Gasteiger partial charge on any atom is -0.341 e. The number of aromatic nitrogens is 4. The van der Waals surface area contributed by atoms with E-state index in [2.05, 4.69) is 20.4 Å². The summed E-state index contributed by atoms with van der Waals surface area (Å²) in [5, 5.41) is 6.92. The van der Waals surface area contributed by atoms with E-state index in [9.17, 15) is 4.79 Å². The van der Waals surface area contributed by atoms with Gasteiger partial charge in [0.15, 0.2) is 0 Å². The number of amides is 1. The highest BCUT2D eigenvalue weighted by Gasteiger charge is 2.18. The zero-order chi connectivity index (χ0) is 12.3. The van der Waals surface area contributed by atoms with Crippen molar-refractivity contribution in [2.24, 2.45) is 7.05 Å². The van der Waals surface area contributed by atoms with Crippen LogP contribution in [0, 0.1) is 0 Å². The summed E-state index contributed by atoms with van der Waals surface area (Å²) in [7, 11) is 1.81. The van der Waals surface area contributed by atoms with Crippen LogP contribution in [0.15, 0.2) is 18.0 Å². The van der Waals surface area contributed by atoms with Gasteiger partial charge in [-0.25, -0.2) is 4.98 Å². The Morgan fingerprint density at radius 2 is 2.47 bits per heavy atom. The standard InChI is InChI=1S/C10H13N5OS/c1-3-7(9-12-5-13-15(9)2)14-10(16)8-4-11-6-17-8/h4-7H,3H2,1-2H3,(H,14,16). The molecule has 2 aromatic heterocycles. The SMILES string of the molecule is CCC(NC(=O)c1cncs1)c1ncnn1C. The Morgan fingerprint density at radius 3 is 3.00 bits per heavy atom. The van der Waals surface area contributed by atoms with Crippen molar-refractivity contribution in [3.8, 4) is 0 Å². The largest absolute Gasteiger partial charge is 0.341 e. The lowest BCUT2D eigenvalue weighted by molar-refractivity contribution is 0.0937. The Labute approximate surface area is 103 Å². The maximum absolute atomic E-state index is 11.9. The van der Waals surface area contributed by atoms with Crippen LogP contribution in [0.25, 0.3) is 0 Å². The Kier molecular flexibility index (Phi) is 3.48. The molecular formula is C10H13N5OS. The molecule has 0 radical (unpaired) electrons. The van der Waals surface area contributed by atoms with Crippen LogP contribution >= 0.6 is 11.3 Å². The summed E-state index contributed by atoms with van der Waals surface area (Å²) < 4.78 is 1.67. The molecule has 0 bridgehead atoms. The van der Waals surface area contributed by atoms with Gasteiger partial charge in [-0.2, -0.15) is 5.10 Å². The first-order valence-corrected chi connectivity index (χ1v) is 6.13. The molecule has 0 aliphatic rings. The van der Waals surface area contributed by atoms with Crippen molar-refractivity contribution in [2.75, 3.05) is 0 Å². The van der Waals surface area contributed by atoms with Gasteiger partial charge in [0.25, 0.3) is 5.91 Å². The van der Waals surface area contributed by atoms with Crippen molar-refractivity contribution in [3.05, 3.63) is 28.7 Å². The van der Waals surface area contributed by atoms with Gasteiger partial charge in [0.1, 0.15) is 17.0 Å². The van der Waals surface area contributed by atoms with E-state index in [0.717, 1.165) is 12.2 Å².